The summed E-state index contributed by atoms with van der Waals surface area (Å²) in [5.41, 5.74) is 1.37. The first-order valence-corrected chi connectivity index (χ1v) is 6.46. The fourth-order valence-corrected chi connectivity index (χ4v) is 2.28. The summed E-state index contributed by atoms with van der Waals surface area (Å²) in [6.07, 6.45) is 3.59. The first-order valence-electron chi connectivity index (χ1n) is 6.09. The molecule has 0 aliphatic heterocycles. The van der Waals surface area contributed by atoms with Crippen molar-refractivity contribution in [2.45, 2.75) is 39.2 Å². The molecule has 0 saturated heterocycles. The second-order valence-electron chi connectivity index (χ2n) is 4.49. The van der Waals surface area contributed by atoms with Crippen LogP contribution in [0.5, 0.6) is 0 Å². The van der Waals surface area contributed by atoms with E-state index in [-0.39, 0.29) is 0 Å². The maximum absolute atomic E-state index is 5.88. The number of benzene rings is 1. The van der Waals surface area contributed by atoms with Gasteiger partial charge in [0.25, 0.3) is 0 Å². The van der Waals surface area contributed by atoms with Gasteiger partial charge in [-0.3, -0.25) is 0 Å². The lowest BCUT2D eigenvalue weighted by Gasteiger charge is -2.23. The highest BCUT2D eigenvalue weighted by Crippen LogP contribution is 2.17. The van der Waals surface area contributed by atoms with Crippen LogP contribution in [0.3, 0.4) is 0 Å². The van der Waals surface area contributed by atoms with Gasteiger partial charge >= 0.3 is 0 Å². The molecule has 0 aliphatic rings. The normalized spacial score (nSPS) is 14.8. The first-order chi connectivity index (χ1) is 7.67. The Kier molecular flexibility index (Phi) is 5.86. The largest absolute Gasteiger partial charge is 0.317 e. The smallest absolute Gasteiger partial charge is 0.0406 e. The van der Waals surface area contributed by atoms with Gasteiger partial charge in [-0.05, 0) is 43.5 Å². The third kappa shape index (κ3) is 4.15. The van der Waals surface area contributed by atoms with E-state index in [1.807, 2.05) is 12.1 Å². The van der Waals surface area contributed by atoms with Gasteiger partial charge in [0.15, 0.2) is 0 Å². The van der Waals surface area contributed by atoms with Gasteiger partial charge in [-0.15, -0.1) is 0 Å². The number of hydrogen-bond donors (Lipinski definition) is 1. The maximum atomic E-state index is 5.88. The topological polar surface area (TPSA) is 12.0 Å². The Morgan fingerprint density at radius 1 is 1.25 bits per heavy atom. The molecule has 0 bridgehead atoms. The predicted molar refractivity (Wildman–Crippen MR) is 72.1 cm³/mol. The Labute approximate surface area is 104 Å². The molecule has 1 N–H and O–H groups in total. The maximum Gasteiger partial charge on any atom is 0.0406 e. The molecule has 0 fully saturated rings. The lowest BCUT2D eigenvalue weighted by atomic mass is 9.91. The lowest BCUT2D eigenvalue weighted by Crippen LogP contribution is -2.33. The van der Waals surface area contributed by atoms with Crippen LogP contribution in [-0.2, 0) is 6.42 Å². The number of nitrogens with one attached hydrogen (secondary N) is 1. The number of hydrogen-bond acceptors (Lipinski definition) is 1. The standard InChI is InChI=1S/C14H22ClN/c1-4-5-14(16-3)11(2)10-12-6-8-13(15)9-7-12/h6-9,11,14,16H,4-5,10H2,1-3H3. The highest BCUT2D eigenvalue weighted by atomic mass is 35.5. The predicted octanol–water partition coefficient (Wildman–Crippen LogP) is 3.91. The molecule has 0 aromatic heterocycles. The summed E-state index contributed by atoms with van der Waals surface area (Å²) in [6.45, 7) is 4.55. The molecule has 2 heteroatoms. The van der Waals surface area contributed by atoms with E-state index in [0.29, 0.717) is 12.0 Å². The van der Waals surface area contributed by atoms with Crippen molar-refractivity contribution in [3.63, 3.8) is 0 Å². The zero-order chi connectivity index (χ0) is 12.0. The summed E-state index contributed by atoms with van der Waals surface area (Å²) in [5, 5.41) is 4.22. The number of rotatable bonds is 6. The Hall–Kier alpha value is -0.530. The molecule has 90 valence electrons. The van der Waals surface area contributed by atoms with Crippen molar-refractivity contribution in [3.8, 4) is 0 Å². The molecule has 0 aliphatic carbocycles. The van der Waals surface area contributed by atoms with Crippen molar-refractivity contribution in [2.75, 3.05) is 7.05 Å². The van der Waals surface area contributed by atoms with Crippen LogP contribution < -0.4 is 5.32 Å². The summed E-state index contributed by atoms with van der Waals surface area (Å²) in [4.78, 5) is 0. The molecular weight excluding hydrogens is 218 g/mol. The van der Waals surface area contributed by atoms with Crippen LogP contribution in [0.15, 0.2) is 24.3 Å². The molecule has 0 heterocycles. The fourth-order valence-electron chi connectivity index (χ4n) is 2.16. The summed E-state index contributed by atoms with van der Waals surface area (Å²) >= 11 is 5.88. The molecule has 0 saturated carbocycles. The van der Waals surface area contributed by atoms with Crippen molar-refractivity contribution >= 4 is 11.6 Å². The van der Waals surface area contributed by atoms with Gasteiger partial charge in [-0.25, -0.2) is 0 Å². The Morgan fingerprint density at radius 2 is 1.88 bits per heavy atom. The molecule has 1 nitrogen and oxygen atoms in total. The highest BCUT2D eigenvalue weighted by molar-refractivity contribution is 6.30. The van der Waals surface area contributed by atoms with Gasteiger partial charge in [0, 0.05) is 11.1 Å². The van der Waals surface area contributed by atoms with Crippen LogP contribution in [0.2, 0.25) is 5.02 Å². The van der Waals surface area contributed by atoms with Crippen LogP contribution in [0.25, 0.3) is 0 Å². The van der Waals surface area contributed by atoms with E-state index in [0.717, 1.165) is 11.4 Å². The quantitative estimate of drug-likeness (QED) is 0.794. The third-order valence-corrected chi connectivity index (χ3v) is 3.38. The molecule has 1 aromatic rings. The van der Waals surface area contributed by atoms with Gasteiger partial charge in [0.1, 0.15) is 0 Å². The second-order valence-corrected chi connectivity index (χ2v) is 4.93. The van der Waals surface area contributed by atoms with Crippen LogP contribution in [0.1, 0.15) is 32.3 Å². The lowest BCUT2D eigenvalue weighted by molar-refractivity contribution is 0.372. The summed E-state index contributed by atoms with van der Waals surface area (Å²) < 4.78 is 0. The van der Waals surface area contributed by atoms with Gasteiger partial charge in [0.2, 0.25) is 0 Å². The van der Waals surface area contributed by atoms with Crippen molar-refractivity contribution < 1.29 is 0 Å². The third-order valence-electron chi connectivity index (χ3n) is 3.13. The minimum absolute atomic E-state index is 0.612. The van der Waals surface area contributed by atoms with Gasteiger partial charge in [0.05, 0.1) is 0 Å². The molecular formula is C14H22ClN. The zero-order valence-corrected chi connectivity index (χ0v) is 11.2. The fraction of sp³-hybridized carbons (Fsp3) is 0.571. The van der Waals surface area contributed by atoms with Gasteiger partial charge < -0.3 is 5.32 Å². The van der Waals surface area contributed by atoms with Crippen LogP contribution >= 0.6 is 11.6 Å². The Bertz CT molecular complexity index is 294. The van der Waals surface area contributed by atoms with Crippen LogP contribution in [0.4, 0.5) is 0 Å². The molecule has 16 heavy (non-hydrogen) atoms. The van der Waals surface area contributed by atoms with E-state index in [1.54, 1.807) is 0 Å². The molecule has 0 spiro atoms. The monoisotopic (exact) mass is 239 g/mol. The van der Waals surface area contributed by atoms with E-state index in [9.17, 15) is 0 Å². The SMILES string of the molecule is CCCC(NC)C(C)Cc1ccc(Cl)cc1. The zero-order valence-electron chi connectivity index (χ0n) is 10.5. The van der Waals surface area contributed by atoms with E-state index in [1.165, 1.54) is 18.4 Å². The van der Waals surface area contributed by atoms with Gasteiger partial charge in [-0.1, -0.05) is 44.0 Å². The second kappa shape index (κ2) is 6.93. The van der Waals surface area contributed by atoms with Crippen molar-refractivity contribution in [1.29, 1.82) is 0 Å². The summed E-state index contributed by atoms with van der Waals surface area (Å²) in [5.74, 6) is 0.658. The average molecular weight is 240 g/mol. The van der Waals surface area contributed by atoms with E-state index >= 15 is 0 Å². The van der Waals surface area contributed by atoms with Crippen molar-refractivity contribution in [2.24, 2.45) is 5.92 Å². The minimum atomic E-state index is 0.612. The van der Waals surface area contributed by atoms with E-state index in [2.05, 4.69) is 38.3 Å². The van der Waals surface area contributed by atoms with Gasteiger partial charge in [-0.2, -0.15) is 0 Å². The average Bonchev–Trinajstić information content (AvgIpc) is 2.29. The first kappa shape index (κ1) is 13.5. The summed E-state index contributed by atoms with van der Waals surface area (Å²) in [6, 6.07) is 8.80. The summed E-state index contributed by atoms with van der Waals surface area (Å²) in [7, 11) is 2.05. The molecule has 0 radical (unpaired) electrons. The molecule has 1 aromatic carbocycles. The molecule has 2 unspecified atom stereocenters. The van der Waals surface area contributed by atoms with E-state index < -0.39 is 0 Å². The molecule has 1 rings (SSSR count). The molecule has 2 atom stereocenters. The Morgan fingerprint density at radius 3 is 2.38 bits per heavy atom. The van der Waals surface area contributed by atoms with E-state index in [4.69, 9.17) is 11.6 Å². The highest BCUT2D eigenvalue weighted by Gasteiger charge is 2.14. The number of halogens is 1. The van der Waals surface area contributed by atoms with Crippen LogP contribution in [-0.4, -0.2) is 13.1 Å². The Balaban J connectivity index is 2.55. The van der Waals surface area contributed by atoms with Crippen molar-refractivity contribution in [3.05, 3.63) is 34.9 Å². The minimum Gasteiger partial charge on any atom is -0.317 e. The van der Waals surface area contributed by atoms with Crippen LogP contribution in [0, 0.1) is 5.92 Å². The molecule has 0 amide bonds. The van der Waals surface area contributed by atoms with Crippen molar-refractivity contribution in [1.82, 2.24) is 5.32 Å².